The Kier molecular flexibility index (Phi) is 4.20. The Hall–Kier alpha value is -1.44. The van der Waals surface area contributed by atoms with Crippen molar-refractivity contribution in [2.24, 2.45) is 0 Å². The molecule has 118 valence electrons. The lowest BCUT2D eigenvalue weighted by Gasteiger charge is -2.18. The molecule has 0 N–H and O–H groups in total. The molecular formula is C15H16FNO3S2. The van der Waals surface area contributed by atoms with Crippen LogP contribution in [0.2, 0.25) is 0 Å². The molecule has 0 saturated carbocycles. The van der Waals surface area contributed by atoms with Crippen molar-refractivity contribution in [3.8, 4) is 5.75 Å². The van der Waals surface area contributed by atoms with Crippen LogP contribution in [0.4, 0.5) is 4.39 Å². The highest BCUT2D eigenvalue weighted by atomic mass is 32.2. The molecule has 1 unspecified atom stereocenters. The van der Waals surface area contributed by atoms with E-state index in [0.717, 1.165) is 12.5 Å². The zero-order chi connectivity index (χ0) is 15.7. The van der Waals surface area contributed by atoms with Gasteiger partial charge >= 0.3 is 0 Å². The van der Waals surface area contributed by atoms with Crippen molar-refractivity contribution in [1.29, 1.82) is 0 Å². The predicted octanol–water partition coefficient (Wildman–Crippen LogP) is 3.07. The van der Waals surface area contributed by atoms with E-state index >= 15 is 0 Å². The second-order valence-electron chi connectivity index (χ2n) is 5.16. The van der Waals surface area contributed by atoms with Crippen LogP contribution in [0.5, 0.6) is 5.75 Å². The highest BCUT2D eigenvalue weighted by Crippen LogP contribution is 2.35. The average Bonchev–Trinajstić information content (AvgIpc) is 3.18. The summed E-state index contributed by atoms with van der Waals surface area (Å²) < 4.78 is 45.5. The quantitative estimate of drug-likeness (QED) is 0.859. The molecule has 2 aromatic rings. The SMILES string of the molecule is COc1ccc(F)cc1S(=O)(=O)N1CCC(c2cccs2)C1. The van der Waals surface area contributed by atoms with Gasteiger partial charge in [0.15, 0.2) is 0 Å². The molecule has 0 bridgehead atoms. The van der Waals surface area contributed by atoms with Crippen molar-refractivity contribution in [2.75, 3.05) is 20.2 Å². The van der Waals surface area contributed by atoms with Crippen molar-refractivity contribution in [1.82, 2.24) is 4.31 Å². The molecule has 1 fully saturated rings. The van der Waals surface area contributed by atoms with Crippen molar-refractivity contribution in [2.45, 2.75) is 17.2 Å². The summed E-state index contributed by atoms with van der Waals surface area (Å²) in [5.41, 5.74) is 0. The molecule has 22 heavy (non-hydrogen) atoms. The van der Waals surface area contributed by atoms with Crippen LogP contribution in [-0.2, 0) is 10.0 Å². The summed E-state index contributed by atoms with van der Waals surface area (Å²) in [6.45, 7) is 0.854. The molecule has 1 aromatic carbocycles. The van der Waals surface area contributed by atoms with Crippen LogP contribution in [0.3, 0.4) is 0 Å². The summed E-state index contributed by atoms with van der Waals surface area (Å²) in [7, 11) is -2.38. The van der Waals surface area contributed by atoms with Gasteiger partial charge in [0.25, 0.3) is 0 Å². The molecule has 1 saturated heterocycles. The summed E-state index contributed by atoms with van der Waals surface area (Å²) in [6.07, 6.45) is 0.775. The number of sulfonamides is 1. The summed E-state index contributed by atoms with van der Waals surface area (Å²) in [4.78, 5) is 1.07. The fourth-order valence-corrected chi connectivity index (χ4v) is 5.22. The maximum absolute atomic E-state index is 13.5. The summed E-state index contributed by atoms with van der Waals surface area (Å²) in [5, 5.41) is 1.99. The van der Waals surface area contributed by atoms with Crippen molar-refractivity contribution >= 4 is 21.4 Å². The normalized spacial score (nSPS) is 19.5. The van der Waals surface area contributed by atoms with E-state index in [0.29, 0.717) is 13.1 Å². The van der Waals surface area contributed by atoms with Crippen LogP contribution in [0.25, 0.3) is 0 Å². The van der Waals surface area contributed by atoms with Gasteiger partial charge in [0.2, 0.25) is 10.0 Å². The smallest absolute Gasteiger partial charge is 0.246 e. The Morgan fingerprint density at radius 1 is 1.36 bits per heavy atom. The van der Waals surface area contributed by atoms with Crippen molar-refractivity contribution in [3.05, 3.63) is 46.4 Å². The third kappa shape index (κ3) is 2.76. The first kappa shape index (κ1) is 15.5. The van der Waals surface area contributed by atoms with Crippen LogP contribution >= 0.6 is 11.3 Å². The zero-order valence-corrected chi connectivity index (χ0v) is 13.7. The molecule has 3 rings (SSSR count). The van der Waals surface area contributed by atoms with Crippen LogP contribution in [0.1, 0.15) is 17.2 Å². The molecule has 1 aliphatic heterocycles. The molecule has 1 atom stereocenters. The summed E-state index contributed by atoms with van der Waals surface area (Å²) >= 11 is 1.63. The fourth-order valence-electron chi connectivity index (χ4n) is 2.69. The van der Waals surface area contributed by atoms with Crippen molar-refractivity contribution in [3.63, 3.8) is 0 Å². The minimum Gasteiger partial charge on any atom is -0.495 e. The standard InChI is InChI=1S/C15H16FNO3S2/c1-20-13-5-4-12(16)9-15(13)22(18,19)17-7-6-11(10-17)14-3-2-8-21-14/h2-5,8-9,11H,6-7,10H2,1H3. The van der Waals surface area contributed by atoms with Gasteiger partial charge in [-0.05, 0) is 36.1 Å². The number of hydrogen-bond acceptors (Lipinski definition) is 4. The Morgan fingerprint density at radius 2 is 2.18 bits per heavy atom. The molecule has 7 heteroatoms. The van der Waals surface area contributed by atoms with Gasteiger partial charge < -0.3 is 4.74 Å². The van der Waals surface area contributed by atoms with Crippen LogP contribution in [0, 0.1) is 5.82 Å². The average molecular weight is 341 g/mol. The first-order chi connectivity index (χ1) is 10.5. The number of nitrogens with zero attached hydrogens (tertiary/aromatic N) is 1. The summed E-state index contributed by atoms with van der Waals surface area (Å²) in [5.74, 6) is -0.219. The number of rotatable bonds is 4. The van der Waals surface area contributed by atoms with Gasteiger partial charge in [0, 0.05) is 23.9 Å². The maximum Gasteiger partial charge on any atom is 0.246 e. The van der Waals surface area contributed by atoms with Gasteiger partial charge in [-0.15, -0.1) is 11.3 Å². The van der Waals surface area contributed by atoms with E-state index < -0.39 is 15.8 Å². The van der Waals surface area contributed by atoms with E-state index in [4.69, 9.17) is 4.74 Å². The minimum atomic E-state index is -3.75. The fraction of sp³-hybridized carbons (Fsp3) is 0.333. The van der Waals surface area contributed by atoms with E-state index in [9.17, 15) is 12.8 Å². The van der Waals surface area contributed by atoms with E-state index in [1.165, 1.54) is 28.4 Å². The Labute approximate surface area is 133 Å². The molecular weight excluding hydrogens is 325 g/mol. The Bertz CT molecular complexity index is 759. The lowest BCUT2D eigenvalue weighted by Crippen LogP contribution is -2.29. The first-order valence-electron chi connectivity index (χ1n) is 6.89. The summed E-state index contributed by atoms with van der Waals surface area (Å²) in [6, 6.07) is 7.54. The molecule has 1 aliphatic rings. The molecule has 1 aromatic heterocycles. The first-order valence-corrected chi connectivity index (χ1v) is 9.21. The third-order valence-corrected chi connectivity index (χ3v) is 6.76. The topological polar surface area (TPSA) is 46.6 Å². The number of ether oxygens (including phenoxy) is 1. The third-order valence-electron chi connectivity index (χ3n) is 3.84. The largest absolute Gasteiger partial charge is 0.495 e. The van der Waals surface area contributed by atoms with Crippen molar-refractivity contribution < 1.29 is 17.5 Å². The predicted molar refractivity (Wildman–Crippen MR) is 83.4 cm³/mol. The van der Waals surface area contributed by atoms with Gasteiger partial charge in [-0.25, -0.2) is 12.8 Å². The molecule has 0 spiro atoms. The van der Waals surface area contributed by atoms with E-state index in [-0.39, 0.29) is 16.6 Å². The van der Waals surface area contributed by atoms with Gasteiger partial charge in [-0.2, -0.15) is 4.31 Å². The van der Waals surface area contributed by atoms with Crippen LogP contribution in [-0.4, -0.2) is 32.9 Å². The van der Waals surface area contributed by atoms with Gasteiger partial charge in [0.1, 0.15) is 16.5 Å². The molecule has 2 heterocycles. The number of methoxy groups -OCH3 is 1. The second-order valence-corrected chi connectivity index (χ2v) is 8.04. The lowest BCUT2D eigenvalue weighted by molar-refractivity contribution is 0.396. The van der Waals surface area contributed by atoms with Gasteiger partial charge in [-0.1, -0.05) is 6.07 Å². The Balaban J connectivity index is 1.90. The molecule has 0 radical (unpaired) electrons. The highest BCUT2D eigenvalue weighted by molar-refractivity contribution is 7.89. The van der Waals surface area contributed by atoms with E-state index in [1.54, 1.807) is 11.3 Å². The van der Waals surface area contributed by atoms with E-state index in [2.05, 4.69) is 0 Å². The maximum atomic E-state index is 13.5. The van der Waals surface area contributed by atoms with Gasteiger partial charge in [0.05, 0.1) is 7.11 Å². The number of benzene rings is 1. The van der Waals surface area contributed by atoms with Gasteiger partial charge in [-0.3, -0.25) is 0 Å². The number of thiophene rings is 1. The highest BCUT2D eigenvalue weighted by Gasteiger charge is 2.35. The Morgan fingerprint density at radius 3 is 2.86 bits per heavy atom. The lowest BCUT2D eigenvalue weighted by atomic mass is 10.1. The monoisotopic (exact) mass is 341 g/mol. The zero-order valence-electron chi connectivity index (χ0n) is 12.0. The molecule has 0 aliphatic carbocycles. The van der Waals surface area contributed by atoms with Crippen LogP contribution in [0.15, 0.2) is 40.6 Å². The number of halogens is 1. The molecule has 0 amide bonds. The number of hydrogen-bond donors (Lipinski definition) is 0. The second kappa shape index (κ2) is 5.98. The van der Waals surface area contributed by atoms with Crippen LogP contribution < -0.4 is 4.74 Å². The van der Waals surface area contributed by atoms with E-state index in [1.807, 2.05) is 17.5 Å². The minimum absolute atomic E-state index is 0.109. The molecule has 4 nitrogen and oxygen atoms in total.